The van der Waals surface area contributed by atoms with Gasteiger partial charge in [-0.1, -0.05) is 109 Å². The van der Waals surface area contributed by atoms with Gasteiger partial charge in [-0.3, -0.25) is 0 Å². The molecule has 10 rings (SSSR count). The largest absolute Gasteiger partial charge is 0.359 e. The van der Waals surface area contributed by atoms with Crippen LogP contribution in [-0.2, 0) is 0 Å². The van der Waals surface area contributed by atoms with Gasteiger partial charge in [-0.2, -0.15) is 0 Å². The van der Waals surface area contributed by atoms with Gasteiger partial charge in [0, 0.05) is 32.9 Å². The van der Waals surface area contributed by atoms with Crippen molar-refractivity contribution in [2.45, 2.75) is 31.7 Å². The van der Waals surface area contributed by atoms with E-state index in [9.17, 15) is 0 Å². The highest BCUT2D eigenvalue weighted by Crippen LogP contribution is 2.41. The van der Waals surface area contributed by atoms with Crippen LogP contribution < -0.4 is 5.32 Å². The van der Waals surface area contributed by atoms with Gasteiger partial charge in [0.25, 0.3) is 0 Å². The van der Waals surface area contributed by atoms with Crippen LogP contribution in [0.15, 0.2) is 180 Å². The van der Waals surface area contributed by atoms with Gasteiger partial charge in [-0.25, -0.2) is 4.99 Å². The summed E-state index contributed by atoms with van der Waals surface area (Å²) < 4.78 is 4.91. The second-order valence-corrected chi connectivity index (χ2v) is 13.5. The van der Waals surface area contributed by atoms with Crippen molar-refractivity contribution >= 4 is 55.1 Å². The number of benzene rings is 5. The van der Waals surface area contributed by atoms with E-state index >= 15 is 0 Å². The summed E-state index contributed by atoms with van der Waals surface area (Å²) in [6, 6.07) is 44.0. The Morgan fingerprint density at radius 1 is 0.560 bits per heavy atom. The smallest absolute Gasteiger partial charge is 0.130 e. The third kappa shape index (κ3) is 4.71. The molecule has 0 saturated carbocycles. The predicted octanol–water partition coefficient (Wildman–Crippen LogP) is 11.4. The molecule has 0 saturated heterocycles. The van der Waals surface area contributed by atoms with Gasteiger partial charge >= 0.3 is 0 Å². The zero-order valence-electron chi connectivity index (χ0n) is 27.8. The number of hydrogen-bond donors (Lipinski definition) is 1. The van der Waals surface area contributed by atoms with Crippen LogP contribution in [0.1, 0.15) is 37.3 Å². The van der Waals surface area contributed by atoms with Crippen LogP contribution in [0.25, 0.3) is 55.0 Å². The molecule has 3 aliphatic rings. The van der Waals surface area contributed by atoms with E-state index in [4.69, 9.17) is 4.99 Å². The van der Waals surface area contributed by atoms with Gasteiger partial charge < -0.3 is 14.5 Å². The van der Waals surface area contributed by atoms with Crippen LogP contribution in [0, 0.1) is 0 Å². The first kappa shape index (κ1) is 28.8. The topological polar surface area (TPSA) is 34.2 Å². The Kier molecular flexibility index (Phi) is 6.80. The predicted molar refractivity (Wildman–Crippen MR) is 210 cm³/mol. The number of para-hydroxylation sites is 3. The first-order chi connectivity index (χ1) is 24.8. The molecule has 2 aliphatic carbocycles. The highest BCUT2D eigenvalue weighted by Gasteiger charge is 2.24. The Morgan fingerprint density at radius 2 is 1.24 bits per heavy atom. The lowest BCUT2D eigenvalue weighted by atomic mass is 9.95. The minimum Gasteiger partial charge on any atom is -0.359 e. The molecule has 0 bridgehead atoms. The lowest BCUT2D eigenvalue weighted by Gasteiger charge is -2.28. The monoisotopic (exact) mass is 644 g/mol. The summed E-state index contributed by atoms with van der Waals surface area (Å²) in [5.74, 6) is 0.985. The van der Waals surface area contributed by atoms with Gasteiger partial charge in [-0.05, 0) is 90.9 Å². The molecule has 240 valence electrons. The van der Waals surface area contributed by atoms with E-state index < -0.39 is 0 Å². The SMILES string of the molecule is C1=CCCC(C2=CC(c3ccccc3)NC(C3=CC=C(n4c5ccccc5c5cc6c7ccccc7n(-c7ccccc7)c6cc54)CC3)=N2)=C1. The molecule has 5 aromatic carbocycles. The Bertz CT molecular complexity index is 2660. The first-order valence-electron chi connectivity index (χ1n) is 17.7. The summed E-state index contributed by atoms with van der Waals surface area (Å²) in [6.45, 7) is 0. The fraction of sp³-hybridized carbons (Fsp3) is 0.109. The number of hydrogen-bond acceptors (Lipinski definition) is 2. The Labute approximate surface area is 291 Å². The molecule has 0 spiro atoms. The van der Waals surface area contributed by atoms with Crippen molar-refractivity contribution in [3.8, 4) is 5.69 Å². The van der Waals surface area contributed by atoms with Crippen molar-refractivity contribution in [3.05, 3.63) is 180 Å². The average molecular weight is 645 g/mol. The van der Waals surface area contributed by atoms with E-state index in [1.807, 2.05) is 0 Å². The minimum atomic E-state index is 0.0768. The Hall–Kier alpha value is -6.13. The zero-order valence-corrected chi connectivity index (χ0v) is 27.8. The summed E-state index contributed by atoms with van der Waals surface area (Å²) in [6.07, 6.45) is 17.5. The molecule has 1 aliphatic heterocycles. The number of nitrogens with zero attached hydrogens (tertiary/aromatic N) is 3. The molecule has 0 fully saturated rings. The number of fused-ring (bicyclic) bond motifs is 6. The molecule has 3 heterocycles. The molecule has 7 aromatic rings. The van der Waals surface area contributed by atoms with E-state index in [-0.39, 0.29) is 6.04 Å². The van der Waals surface area contributed by atoms with Gasteiger partial charge in [-0.15, -0.1) is 0 Å². The maximum Gasteiger partial charge on any atom is 0.130 e. The lowest BCUT2D eigenvalue weighted by molar-refractivity contribution is 0.754. The van der Waals surface area contributed by atoms with Crippen LogP contribution in [0.3, 0.4) is 0 Å². The normalized spacial score (nSPS) is 17.8. The van der Waals surface area contributed by atoms with Gasteiger partial charge in [0.05, 0.1) is 33.8 Å². The van der Waals surface area contributed by atoms with E-state index in [1.54, 1.807) is 0 Å². The van der Waals surface area contributed by atoms with Crippen molar-refractivity contribution in [3.63, 3.8) is 0 Å². The molecule has 2 aromatic heterocycles. The van der Waals surface area contributed by atoms with Crippen LogP contribution >= 0.6 is 0 Å². The molecule has 1 N–H and O–H groups in total. The Morgan fingerprint density at radius 3 is 1.94 bits per heavy atom. The highest BCUT2D eigenvalue weighted by atomic mass is 15.1. The number of aromatic nitrogens is 2. The van der Waals surface area contributed by atoms with Crippen LogP contribution in [0.5, 0.6) is 0 Å². The summed E-state index contributed by atoms with van der Waals surface area (Å²) in [7, 11) is 0. The quantitative estimate of drug-likeness (QED) is 0.199. The van der Waals surface area contributed by atoms with E-state index in [1.165, 1.54) is 71.7 Å². The second kappa shape index (κ2) is 11.8. The molecule has 0 amide bonds. The van der Waals surface area contributed by atoms with Crippen LogP contribution in [-0.4, -0.2) is 15.0 Å². The molecule has 1 unspecified atom stereocenters. The van der Waals surface area contributed by atoms with Gasteiger partial charge in [0.2, 0.25) is 0 Å². The number of rotatable bonds is 5. The van der Waals surface area contributed by atoms with Crippen molar-refractivity contribution in [2.75, 3.05) is 0 Å². The number of nitrogens with one attached hydrogen (secondary N) is 1. The molecule has 0 radical (unpaired) electrons. The summed E-state index contributed by atoms with van der Waals surface area (Å²) in [5.41, 5.74) is 12.3. The number of aliphatic imine (C=N–C) groups is 1. The maximum atomic E-state index is 5.24. The fourth-order valence-corrected chi connectivity index (χ4v) is 8.14. The van der Waals surface area contributed by atoms with Crippen molar-refractivity contribution in [2.24, 2.45) is 4.99 Å². The van der Waals surface area contributed by atoms with Gasteiger partial charge in [0.15, 0.2) is 0 Å². The second-order valence-electron chi connectivity index (χ2n) is 13.5. The highest BCUT2D eigenvalue weighted by molar-refractivity contribution is 6.19. The van der Waals surface area contributed by atoms with Crippen molar-refractivity contribution < 1.29 is 0 Å². The van der Waals surface area contributed by atoms with Crippen LogP contribution in [0.4, 0.5) is 0 Å². The molecule has 4 heteroatoms. The van der Waals surface area contributed by atoms with Crippen molar-refractivity contribution in [1.29, 1.82) is 0 Å². The lowest BCUT2D eigenvalue weighted by Crippen LogP contribution is -2.32. The Balaban J connectivity index is 1.12. The third-order valence-corrected chi connectivity index (χ3v) is 10.5. The standard InChI is InChI=1S/C46H36N4/c1-4-14-31(15-5-1)40-29-41(32-16-6-2-7-17-32)48-46(47-40)33-24-26-35(27-25-33)50-43-23-13-11-21-37(43)39-28-38-36-20-10-12-22-42(36)49(44(38)30-45(39)50)34-18-8-3-9-19-34/h1-6,8-16,18-24,26,28-30,40H,7,17,25,27H2,(H,47,48). The summed E-state index contributed by atoms with van der Waals surface area (Å²) >= 11 is 0. The van der Waals surface area contributed by atoms with Crippen LogP contribution in [0.2, 0.25) is 0 Å². The number of amidine groups is 1. The minimum absolute atomic E-state index is 0.0768. The molecule has 4 nitrogen and oxygen atoms in total. The van der Waals surface area contributed by atoms with Crippen molar-refractivity contribution in [1.82, 2.24) is 14.5 Å². The van der Waals surface area contributed by atoms with E-state index in [0.29, 0.717) is 0 Å². The van der Waals surface area contributed by atoms with E-state index in [0.717, 1.165) is 37.2 Å². The summed E-state index contributed by atoms with van der Waals surface area (Å²) in [4.78, 5) is 5.24. The summed E-state index contributed by atoms with van der Waals surface area (Å²) in [5, 5.41) is 8.92. The number of allylic oxidation sites excluding steroid dienone is 7. The van der Waals surface area contributed by atoms with E-state index in [2.05, 4.69) is 172 Å². The molecule has 1 atom stereocenters. The maximum absolute atomic E-state index is 5.24. The third-order valence-electron chi connectivity index (χ3n) is 10.5. The average Bonchev–Trinajstić information content (AvgIpc) is 3.70. The molecule has 50 heavy (non-hydrogen) atoms. The fourth-order valence-electron chi connectivity index (χ4n) is 8.14. The molecular weight excluding hydrogens is 609 g/mol. The zero-order chi connectivity index (χ0) is 33.0. The van der Waals surface area contributed by atoms with Gasteiger partial charge in [0.1, 0.15) is 5.84 Å². The first-order valence-corrected chi connectivity index (χ1v) is 17.7. The molecular formula is C46H36N4.